The van der Waals surface area contributed by atoms with Gasteiger partial charge < -0.3 is 22.9 Å². The van der Waals surface area contributed by atoms with Crippen molar-refractivity contribution in [1.82, 2.24) is 0 Å². The van der Waals surface area contributed by atoms with Crippen LogP contribution < -0.4 is 22.9 Å². The molecule has 4 unspecified atom stereocenters. The molecule has 2 heterocycles. The molecule has 152 valence electrons. The predicted octanol–water partition coefficient (Wildman–Crippen LogP) is 3.98. The van der Waals surface area contributed by atoms with Gasteiger partial charge in [-0.15, -0.1) is 23.5 Å². The lowest BCUT2D eigenvalue weighted by Gasteiger charge is -2.14. The van der Waals surface area contributed by atoms with E-state index in [1.165, 1.54) is 11.1 Å². The summed E-state index contributed by atoms with van der Waals surface area (Å²) in [4.78, 5) is 0. The van der Waals surface area contributed by atoms with Crippen LogP contribution in [0.5, 0.6) is 0 Å². The van der Waals surface area contributed by atoms with Crippen LogP contribution >= 0.6 is 23.5 Å². The number of rotatable bonds is 2. The number of thioether (sulfide) groups is 2. The van der Waals surface area contributed by atoms with Gasteiger partial charge in [0.1, 0.15) is 0 Å². The first-order valence-corrected chi connectivity index (χ1v) is 11.6. The summed E-state index contributed by atoms with van der Waals surface area (Å²) in [7, 11) is 0. The fraction of sp³-hybridized carbons (Fsp3) is 0.167. The van der Waals surface area contributed by atoms with Crippen LogP contribution in [0.2, 0.25) is 0 Å². The third-order valence-electron chi connectivity index (χ3n) is 5.86. The maximum Gasteiger partial charge on any atom is 0.0773 e. The highest BCUT2D eigenvalue weighted by molar-refractivity contribution is 8.08. The van der Waals surface area contributed by atoms with E-state index in [4.69, 9.17) is 22.9 Å². The Balaban J connectivity index is 0.000000128. The van der Waals surface area contributed by atoms with Crippen molar-refractivity contribution in [3.8, 4) is 0 Å². The van der Waals surface area contributed by atoms with Crippen LogP contribution in [0.15, 0.2) is 96.4 Å². The fourth-order valence-electron chi connectivity index (χ4n) is 4.14. The zero-order chi connectivity index (χ0) is 20.9. The molecule has 0 bridgehead atoms. The van der Waals surface area contributed by atoms with E-state index in [2.05, 4.69) is 30.4 Å². The minimum Gasteiger partial charge on any atom is -0.401 e. The Kier molecular flexibility index (Phi) is 4.45. The molecule has 0 saturated carbocycles. The van der Waals surface area contributed by atoms with E-state index in [0.717, 1.165) is 22.8 Å². The fourth-order valence-corrected chi connectivity index (χ4v) is 6.77. The summed E-state index contributed by atoms with van der Waals surface area (Å²) in [6.45, 7) is 0. The van der Waals surface area contributed by atoms with E-state index >= 15 is 0 Å². The highest BCUT2D eigenvalue weighted by Crippen LogP contribution is 2.66. The van der Waals surface area contributed by atoms with Crippen molar-refractivity contribution < 1.29 is 0 Å². The SMILES string of the molecule is NC1=CC=CC2(c3ccc(N)cc3)SC12.NC1=CC=CC2(c3cccc(N)c3)SC12. The molecule has 6 rings (SSSR count). The average Bonchev–Trinajstić information content (AvgIpc) is 3.63. The summed E-state index contributed by atoms with van der Waals surface area (Å²) in [6, 6.07) is 16.1. The van der Waals surface area contributed by atoms with Gasteiger partial charge >= 0.3 is 0 Å². The van der Waals surface area contributed by atoms with Gasteiger partial charge in [-0.05, 0) is 47.5 Å². The summed E-state index contributed by atoms with van der Waals surface area (Å²) in [6.07, 6.45) is 12.5. The smallest absolute Gasteiger partial charge is 0.0773 e. The first kappa shape index (κ1) is 19.3. The normalized spacial score (nSPS) is 32.0. The Morgan fingerprint density at radius 2 is 1.20 bits per heavy atom. The van der Waals surface area contributed by atoms with Crippen LogP contribution in [-0.2, 0) is 9.49 Å². The minimum absolute atomic E-state index is 0.0637. The summed E-state index contributed by atoms with van der Waals surface area (Å²) < 4.78 is 0.154. The van der Waals surface area contributed by atoms with Crippen LogP contribution in [0.25, 0.3) is 0 Å². The van der Waals surface area contributed by atoms with E-state index in [0.29, 0.717) is 10.5 Å². The minimum atomic E-state index is 0.0637. The lowest BCUT2D eigenvalue weighted by atomic mass is 9.91. The number of allylic oxidation sites excluding steroid dienone is 4. The second kappa shape index (κ2) is 6.93. The molecule has 4 nitrogen and oxygen atoms in total. The van der Waals surface area contributed by atoms with Gasteiger partial charge in [0, 0.05) is 22.8 Å². The van der Waals surface area contributed by atoms with Crippen molar-refractivity contribution in [2.24, 2.45) is 11.5 Å². The molecule has 2 aliphatic carbocycles. The standard InChI is InChI=1S/2C12H12N2S/c13-9-4-1-3-8(7-9)12-6-2-5-10(14)11(12)15-12;13-9-5-3-8(4-6-9)12-7-1-2-10(14)11(12)15-12/h2*1-7,11H,13-14H2. The molecular weight excluding hydrogens is 408 g/mol. The molecule has 2 saturated heterocycles. The summed E-state index contributed by atoms with van der Waals surface area (Å²) in [5.74, 6) is 0. The zero-order valence-electron chi connectivity index (χ0n) is 16.4. The number of benzene rings is 2. The van der Waals surface area contributed by atoms with Crippen LogP contribution in [0.4, 0.5) is 11.4 Å². The number of nitrogens with two attached hydrogens (primary N) is 4. The molecule has 0 aromatic heterocycles. The van der Waals surface area contributed by atoms with Gasteiger partial charge in [-0.1, -0.05) is 48.6 Å². The molecule has 0 amide bonds. The van der Waals surface area contributed by atoms with Crippen molar-refractivity contribution in [1.29, 1.82) is 0 Å². The van der Waals surface area contributed by atoms with Crippen molar-refractivity contribution in [3.05, 3.63) is 108 Å². The maximum atomic E-state index is 5.94. The summed E-state index contributed by atoms with van der Waals surface area (Å²) in [5, 5.41) is 0.829. The van der Waals surface area contributed by atoms with Gasteiger partial charge in [-0.25, -0.2) is 0 Å². The van der Waals surface area contributed by atoms with Crippen LogP contribution in [0.3, 0.4) is 0 Å². The number of anilines is 2. The number of fused-ring (bicyclic) bond motifs is 2. The van der Waals surface area contributed by atoms with Gasteiger partial charge in [0.2, 0.25) is 0 Å². The van der Waals surface area contributed by atoms with Crippen molar-refractivity contribution >= 4 is 34.9 Å². The molecule has 2 aliphatic heterocycles. The Labute approximate surface area is 185 Å². The Morgan fingerprint density at radius 3 is 1.77 bits per heavy atom. The molecule has 2 fully saturated rings. The molecule has 0 radical (unpaired) electrons. The van der Waals surface area contributed by atoms with Gasteiger partial charge in [-0.3, -0.25) is 0 Å². The van der Waals surface area contributed by atoms with Gasteiger partial charge in [0.25, 0.3) is 0 Å². The van der Waals surface area contributed by atoms with E-state index in [1.807, 2.05) is 78.2 Å². The largest absolute Gasteiger partial charge is 0.401 e. The van der Waals surface area contributed by atoms with E-state index < -0.39 is 0 Å². The van der Waals surface area contributed by atoms with Crippen LogP contribution in [-0.4, -0.2) is 10.5 Å². The quantitative estimate of drug-likeness (QED) is 0.423. The third kappa shape index (κ3) is 3.11. The molecular formula is C24H24N4S2. The van der Waals surface area contributed by atoms with Crippen LogP contribution in [0.1, 0.15) is 11.1 Å². The van der Waals surface area contributed by atoms with E-state index in [-0.39, 0.29) is 9.49 Å². The predicted molar refractivity (Wildman–Crippen MR) is 131 cm³/mol. The highest BCUT2D eigenvalue weighted by atomic mass is 32.2. The summed E-state index contributed by atoms with van der Waals surface area (Å²) >= 11 is 3.77. The molecule has 0 spiro atoms. The molecule has 4 atom stereocenters. The Morgan fingerprint density at radius 1 is 0.633 bits per heavy atom. The first-order chi connectivity index (χ1) is 14.4. The topological polar surface area (TPSA) is 104 Å². The third-order valence-corrected chi connectivity index (χ3v) is 9.11. The van der Waals surface area contributed by atoms with Crippen molar-refractivity contribution in [2.75, 3.05) is 11.5 Å². The van der Waals surface area contributed by atoms with Gasteiger partial charge in [0.15, 0.2) is 0 Å². The first-order valence-electron chi connectivity index (χ1n) is 9.82. The number of nitrogen functional groups attached to an aromatic ring is 2. The zero-order valence-corrected chi connectivity index (χ0v) is 18.0. The van der Waals surface area contributed by atoms with Gasteiger partial charge in [0.05, 0.1) is 20.0 Å². The van der Waals surface area contributed by atoms with Crippen molar-refractivity contribution in [2.45, 2.75) is 20.0 Å². The molecule has 6 heteroatoms. The molecule has 30 heavy (non-hydrogen) atoms. The Bertz CT molecular complexity index is 1120. The highest BCUT2D eigenvalue weighted by Gasteiger charge is 2.57. The number of hydrogen-bond acceptors (Lipinski definition) is 6. The van der Waals surface area contributed by atoms with Crippen molar-refractivity contribution in [3.63, 3.8) is 0 Å². The molecule has 4 aliphatic rings. The molecule has 2 aromatic carbocycles. The monoisotopic (exact) mass is 432 g/mol. The van der Waals surface area contributed by atoms with E-state index in [9.17, 15) is 0 Å². The number of hydrogen-bond donors (Lipinski definition) is 4. The lowest BCUT2D eigenvalue weighted by Crippen LogP contribution is -2.17. The second-order valence-corrected chi connectivity index (χ2v) is 10.6. The molecule has 8 N–H and O–H groups in total. The second-order valence-electron chi connectivity index (χ2n) is 7.88. The average molecular weight is 433 g/mol. The van der Waals surface area contributed by atoms with Crippen LogP contribution in [0, 0.1) is 0 Å². The molecule has 2 aromatic rings. The lowest BCUT2D eigenvalue weighted by molar-refractivity contribution is 0.860. The summed E-state index contributed by atoms with van der Waals surface area (Å²) in [5.41, 5.74) is 29.5. The Hall–Kier alpha value is -2.70. The maximum absolute atomic E-state index is 5.94. The van der Waals surface area contributed by atoms with E-state index in [1.54, 1.807) is 0 Å². The van der Waals surface area contributed by atoms with Gasteiger partial charge in [-0.2, -0.15) is 0 Å².